The SMILES string of the molecule is CC(NC(C)C1CCN(C)CC1)c1ccc(Cl)c(Cl)c1. The van der Waals surface area contributed by atoms with Crippen molar-refractivity contribution in [1.29, 1.82) is 0 Å². The fourth-order valence-electron chi connectivity index (χ4n) is 2.94. The molecular weight excluding hydrogens is 291 g/mol. The molecule has 2 rings (SSSR count). The number of rotatable bonds is 4. The van der Waals surface area contributed by atoms with Crippen LogP contribution in [0.4, 0.5) is 0 Å². The van der Waals surface area contributed by atoms with Crippen LogP contribution in [0, 0.1) is 5.92 Å². The van der Waals surface area contributed by atoms with E-state index in [9.17, 15) is 0 Å². The molecule has 0 bridgehead atoms. The highest BCUT2D eigenvalue weighted by Gasteiger charge is 2.23. The lowest BCUT2D eigenvalue weighted by Gasteiger charge is -2.34. The Morgan fingerprint density at radius 2 is 1.80 bits per heavy atom. The van der Waals surface area contributed by atoms with E-state index in [1.54, 1.807) is 0 Å². The number of nitrogens with zero attached hydrogens (tertiary/aromatic N) is 1. The maximum absolute atomic E-state index is 6.09. The Bertz CT molecular complexity index is 442. The molecule has 1 fully saturated rings. The first-order valence-corrected chi connectivity index (χ1v) is 8.12. The number of hydrogen-bond donors (Lipinski definition) is 1. The largest absolute Gasteiger partial charge is 0.307 e. The van der Waals surface area contributed by atoms with Gasteiger partial charge in [0.25, 0.3) is 0 Å². The van der Waals surface area contributed by atoms with E-state index in [1.807, 2.05) is 18.2 Å². The van der Waals surface area contributed by atoms with Crippen LogP contribution in [0.2, 0.25) is 10.0 Å². The van der Waals surface area contributed by atoms with Gasteiger partial charge in [-0.25, -0.2) is 0 Å². The Hall–Kier alpha value is -0.280. The molecule has 2 unspecified atom stereocenters. The van der Waals surface area contributed by atoms with E-state index in [4.69, 9.17) is 23.2 Å². The zero-order chi connectivity index (χ0) is 14.7. The van der Waals surface area contributed by atoms with Crippen LogP contribution < -0.4 is 5.32 Å². The summed E-state index contributed by atoms with van der Waals surface area (Å²) in [6.07, 6.45) is 2.55. The number of piperidine rings is 1. The van der Waals surface area contributed by atoms with E-state index >= 15 is 0 Å². The highest BCUT2D eigenvalue weighted by atomic mass is 35.5. The highest BCUT2D eigenvalue weighted by molar-refractivity contribution is 6.42. The molecule has 1 aromatic rings. The summed E-state index contributed by atoms with van der Waals surface area (Å²) >= 11 is 12.1. The first-order chi connectivity index (χ1) is 9.47. The summed E-state index contributed by atoms with van der Waals surface area (Å²) in [6.45, 7) is 6.89. The van der Waals surface area contributed by atoms with Crippen molar-refractivity contribution in [3.8, 4) is 0 Å². The summed E-state index contributed by atoms with van der Waals surface area (Å²) in [4.78, 5) is 2.41. The zero-order valence-electron chi connectivity index (χ0n) is 12.5. The smallest absolute Gasteiger partial charge is 0.0595 e. The lowest BCUT2D eigenvalue weighted by Crippen LogP contribution is -2.41. The molecule has 112 valence electrons. The molecule has 0 saturated carbocycles. The second-order valence-electron chi connectivity index (χ2n) is 5.99. The third kappa shape index (κ3) is 4.11. The van der Waals surface area contributed by atoms with E-state index in [2.05, 4.69) is 31.1 Å². The van der Waals surface area contributed by atoms with Gasteiger partial charge in [-0.2, -0.15) is 0 Å². The van der Waals surface area contributed by atoms with Crippen LogP contribution in [0.3, 0.4) is 0 Å². The first kappa shape index (κ1) is 16.1. The molecule has 1 aliphatic heterocycles. The van der Waals surface area contributed by atoms with E-state index in [0.29, 0.717) is 22.1 Å². The van der Waals surface area contributed by atoms with Gasteiger partial charge in [0.05, 0.1) is 10.0 Å². The maximum atomic E-state index is 6.09. The molecule has 0 aromatic heterocycles. The van der Waals surface area contributed by atoms with Gasteiger partial charge < -0.3 is 10.2 Å². The van der Waals surface area contributed by atoms with E-state index < -0.39 is 0 Å². The van der Waals surface area contributed by atoms with Gasteiger partial charge in [0, 0.05) is 12.1 Å². The van der Waals surface area contributed by atoms with Gasteiger partial charge in [0.1, 0.15) is 0 Å². The van der Waals surface area contributed by atoms with Crippen LogP contribution in [-0.4, -0.2) is 31.1 Å². The Labute approximate surface area is 132 Å². The van der Waals surface area contributed by atoms with Crippen LogP contribution in [-0.2, 0) is 0 Å². The monoisotopic (exact) mass is 314 g/mol. The number of benzene rings is 1. The minimum absolute atomic E-state index is 0.291. The summed E-state index contributed by atoms with van der Waals surface area (Å²) in [5, 5.41) is 4.95. The summed E-state index contributed by atoms with van der Waals surface area (Å²) in [6, 6.07) is 6.70. The zero-order valence-corrected chi connectivity index (χ0v) is 14.0. The van der Waals surface area contributed by atoms with Crippen LogP contribution in [0.25, 0.3) is 0 Å². The number of halogens is 2. The molecule has 0 aliphatic carbocycles. The molecule has 2 nitrogen and oxygen atoms in total. The van der Waals surface area contributed by atoms with Gasteiger partial charge in [-0.3, -0.25) is 0 Å². The van der Waals surface area contributed by atoms with Crippen molar-refractivity contribution in [1.82, 2.24) is 10.2 Å². The Balaban J connectivity index is 1.93. The molecule has 1 aliphatic rings. The number of nitrogens with one attached hydrogen (secondary N) is 1. The van der Waals surface area contributed by atoms with E-state index in [-0.39, 0.29) is 0 Å². The maximum Gasteiger partial charge on any atom is 0.0595 e. The van der Waals surface area contributed by atoms with E-state index in [1.165, 1.54) is 31.5 Å². The van der Waals surface area contributed by atoms with Gasteiger partial charge in [0.15, 0.2) is 0 Å². The van der Waals surface area contributed by atoms with Crippen molar-refractivity contribution in [2.75, 3.05) is 20.1 Å². The van der Waals surface area contributed by atoms with Gasteiger partial charge in [-0.1, -0.05) is 29.3 Å². The third-order valence-corrected chi connectivity index (χ3v) is 5.17. The van der Waals surface area contributed by atoms with Gasteiger partial charge in [-0.05, 0) is 70.4 Å². The molecule has 1 aromatic carbocycles. The first-order valence-electron chi connectivity index (χ1n) is 7.37. The van der Waals surface area contributed by atoms with Crippen molar-refractivity contribution < 1.29 is 0 Å². The topological polar surface area (TPSA) is 15.3 Å². The predicted molar refractivity (Wildman–Crippen MR) is 87.7 cm³/mol. The standard InChI is InChI=1S/C16H24Cl2N2/c1-11(13-6-8-20(3)9-7-13)19-12(2)14-4-5-15(17)16(18)10-14/h4-5,10-13,19H,6-9H2,1-3H3. The molecule has 20 heavy (non-hydrogen) atoms. The summed E-state index contributed by atoms with van der Waals surface area (Å²) < 4.78 is 0. The Morgan fingerprint density at radius 1 is 1.15 bits per heavy atom. The van der Waals surface area contributed by atoms with E-state index in [0.717, 1.165) is 5.92 Å². The highest BCUT2D eigenvalue weighted by Crippen LogP contribution is 2.27. The fourth-order valence-corrected chi connectivity index (χ4v) is 3.24. The second kappa shape index (κ2) is 7.13. The lowest BCUT2D eigenvalue weighted by molar-refractivity contribution is 0.185. The second-order valence-corrected chi connectivity index (χ2v) is 6.81. The quantitative estimate of drug-likeness (QED) is 0.887. The number of hydrogen-bond acceptors (Lipinski definition) is 2. The molecule has 1 heterocycles. The van der Waals surface area contributed by atoms with Crippen molar-refractivity contribution in [2.45, 2.75) is 38.8 Å². The molecule has 0 amide bonds. The van der Waals surface area contributed by atoms with Gasteiger partial charge in [0.2, 0.25) is 0 Å². The summed E-state index contributed by atoms with van der Waals surface area (Å²) in [5.41, 5.74) is 1.19. The predicted octanol–water partition coefficient (Wildman–Crippen LogP) is 4.37. The molecule has 1 N–H and O–H groups in total. The molecule has 1 saturated heterocycles. The third-order valence-electron chi connectivity index (χ3n) is 4.43. The Morgan fingerprint density at radius 3 is 2.40 bits per heavy atom. The van der Waals surface area contributed by atoms with Crippen LogP contribution in [0.15, 0.2) is 18.2 Å². The molecule has 0 spiro atoms. The van der Waals surface area contributed by atoms with Crippen molar-refractivity contribution in [2.24, 2.45) is 5.92 Å². The van der Waals surface area contributed by atoms with Gasteiger partial charge >= 0.3 is 0 Å². The molecular formula is C16H24Cl2N2. The average Bonchev–Trinajstić information content (AvgIpc) is 2.42. The number of likely N-dealkylation sites (tertiary alicyclic amines) is 1. The van der Waals surface area contributed by atoms with Crippen LogP contribution in [0.1, 0.15) is 38.3 Å². The molecule has 0 radical (unpaired) electrons. The Kier molecular flexibility index (Phi) is 5.74. The minimum atomic E-state index is 0.291. The summed E-state index contributed by atoms with van der Waals surface area (Å²) in [7, 11) is 2.20. The average molecular weight is 315 g/mol. The molecule has 4 heteroatoms. The van der Waals surface area contributed by atoms with Crippen LogP contribution >= 0.6 is 23.2 Å². The van der Waals surface area contributed by atoms with Crippen molar-refractivity contribution in [3.05, 3.63) is 33.8 Å². The fraction of sp³-hybridized carbons (Fsp3) is 0.625. The van der Waals surface area contributed by atoms with Crippen LogP contribution in [0.5, 0.6) is 0 Å². The summed E-state index contributed by atoms with van der Waals surface area (Å²) in [5.74, 6) is 0.761. The van der Waals surface area contributed by atoms with Crippen molar-refractivity contribution >= 4 is 23.2 Å². The molecule has 2 atom stereocenters. The normalized spacial score (nSPS) is 20.9. The van der Waals surface area contributed by atoms with Crippen molar-refractivity contribution in [3.63, 3.8) is 0 Å². The lowest BCUT2D eigenvalue weighted by atomic mass is 9.90. The van der Waals surface area contributed by atoms with Gasteiger partial charge in [-0.15, -0.1) is 0 Å². The minimum Gasteiger partial charge on any atom is -0.307 e.